The van der Waals surface area contributed by atoms with E-state index in [0.717, 1.165) is 6.07 Å². The second-order valence-corrected chi connectivity index (χ2v) is 6.61. The lowest BCUT2D eigenvalue weighted by molar-refractivity contribution is -0.402. The number of fused-ring (bicyclic) bond motifs is 1. The van der Waals surface area contributed by atoms with Crippen LogP contribution in [0.3, 0.4) is 0 Å². The number of oxazole rings is 1. The third-order valence-electron chi connectivity index (χ3n) is 4.13. The molecule has 10 heteroatoms. The number of aromatic nitrogens is 1. The molecule has 0 aliphatic rings. The Morgan fingerprint density at radius 2 is 2.00 bits per heavy atom. The largest absolute Gasteiger partial charge is 0.507 e. The lowest BCUT2D eigenvalue weighted by Gasteiger charge is -2.09. The highest BCUT2D eigenvalue weighted by molar-refractivity contribution is 6.31. The molecule has 0 fully saturated rings. The molecule has 0 spiro atoms. The molecule has 2 aromatic heterocycles. The summed E-state index contributed by atoms with van der Waals surface area (Å²) in [6, 6.07) is 10.2. The van der Waals surface area contributed by atoms with Gasteiger partial charge in [0.1, 0.15) is 16.2 Å². The zero-order valence-corrected chi connectivity index (χ0v) is 15.6. The molecule has 9 nitrogen and oxygen atoms in total. The molecule has 2 N–H and O–H groups in total. The molecule has 0 bridgehead atoms. The molecule has 2 heterocycles. The Bertz CT molecular complexity index is 1280. The summed E-state index contributed by atoms with van der Waals surface area (Å²) in [5, 5.41) is 24.2. The molecule has 0 saturated heterocycles. The van der Waals surface area contributed by atoms with Crippen molar-refractivity contribution < 1.29 is 23.7 Å². The first-order valence-electron chi connectivity index (χ1n) is 8.27. The van der Waals surface area contributed by atoms with Crippen LogP contribution in [-0.2, 0) is 0 Å². The highest BCUT2D eigenvalue weighted by Crippen LogP contribution is 2.36. The van der Waals surface area contributed by atoms with Crippen molar-refractivity contribution in [3.05, 3.63) is 68.9 Å². The van der Waals surface area contributed by atoms with E-state index in [-0.39, 0.29) is 23.0 Å². The van der Waals surface area contributed by atoms with Crippen LogP contribution in [0, 0.1) is 17.0 Å². The van der Waals surface area contributed by atoms with E-state index in [1.54, 1.807) is 25.1 Å². The molecule has 146 valence electrons. The van der Waals surface area contributed by atoms with E-state index in [4.69, 9.17) is 20.4 Å². The second-order valence-electron chi connectivity index (χ2n) is 6.17. The molecule has 4 rings (SSSR count). The van der Waals surface area contributed by atoms with Crippen molar-refractivity contribution in [1.29, 1.82) is 0 Å². The number of hydrogen-bond donors (Lipinski definition) is 2. The number of benzene rings is 2. The third-order valence-corrected chi connectivity index (χ3v) is 4.37. The van der Waals surface area contributed by atoms with Gasteiger partial charge in [0.25, 0.3) is 5.91 Å². The van der Waals surface area contributed by atoms with Crippen LogP contribution < -0.4 is 5.32 Å². The highest BCUT2D eigenvalue weighted by atomic mass is 35.5. The number of amides is 1. The van der Waals surface area contributed by atoms with Gasteiger partial charge >= 0.3 is 5.88 Å². The van der Waals surface area contributed by atoms with Crippen molar-refractivity contribution >= 4 is 40.2 Å². The van der Waals surface area contributed by atoms with Crippen molar-refractivity contribution in [2.24, 2.45) is 0 Å². The number of aromatic hydroxyl groups is 1. The minimum Gasteiger partial charge on any atom is -0.507 e. The molecule has 0 aliphatic heterocycles. The van der Waals surface area contributed by atoms with E-state index < -0.39 is 16.7 Å². The maximum Gasteiger partial charge on any atom is 0.433 e. The van der Waals surface area contributed by atoms with Crippen LogP contribution >= 0.6 is 11.6 Å². The molecule has 0 saturated carbocycles. The van der Waals surface area contributed by atoms with Crippen molar-refractivity contribution in [1.82, 2.24) is 4.98 Å². The Morgan fingerprint density at radius 1 is 1.21 bits per heavy atom. The normalized spacial score (nSPS) is 11.0. The summed E-state index contributed by atoms with van der Waals surface area (Å²) in [5.74, 6) is -1.36. The molecule has 0 unspecified atom stereocenters. The summed E-state index contributed by atoms with van der Waals surface area (Å²) in [6.07, 6.45) is 0. The number of nitrogens with one attached hydrogen (secondary N) is 1. The number of carbonyl (C=O) groups is 1. The number of rotatable bonds is 4. The monoisotopic (exact) mass is 413 g/mol. The molecule has 0 radical (unpaired) electrons. The van der Waals surface area contributed by atoms with E-state index in [2.05, 4.69) is 10.3 Å². The number of carbonyl (C=O) groups excluding carboxylic acids is 1. The topological polar surface area (TPSA) is 132 Å². The molecule has 0 atom stereocenters. The number of anilines is 1. The number of aryl methyl sites for hydroxylation is 1. The van der Waals surface area contributed by atoms with Gasteiger partial charge in [-0.2, -0.15) is 0 Å². The maximum absolute atomic E-state index is 12.3. The third kappa shape index (κ3) is 3.50. The number of furan rings is 1. The van der Waals surface area contributed by atoms with Gasteiger partial charge in [0.15, 0.2) is 11.3 Å². The van der Waals surface area contributed by atoms with Crippen LogP contribution in [0.4, 0.5) is 11.6 Å². The van der Waals surface area contributed by atoms with E-state index in [9.17, 15) is 20.0 Å². The Balaban J connectivity index is 1.69. The smallest absolute Gasteiger partial charge is 0.433 e. The maximum atomic E-state index is 12.3. The number of nitrogens with zero attached hydrogens (tertiary/aromatic N) is 2. The quantitative estimate of drug-likeness (QED) is 0.276. The summed E-state index contributed by atoms with van der Waals surface area (Å²) in [6.45, 7) is 1.64. The summed E-state index contributed by atoms with van der Waals surface area (Å²) in [7, 11) is 0. The van der Waals surface area contributed by atoms with Gasteiger partial charge in [-0.1, -0.05) is 11.6 Å². The standard InChI is InChI=1S/C19H12ClN3O6/c1-9-6-11(21-18(25)15-4-5-16(28-15)23(26)27)8-12(17(9)24)19-22-13-7-10(20)2-3-14(13)29-19/h2-8,24H,1H3,(H,21,25). The minimum atomic E-state index is -0.737. The fourth-order valence-electron chi connectivity index (χ4n) is 2.77. The highest BCUT2D eigenvalue weighted by Gasteiger charge is 2.20. The van der Waals surface area contributed by atoms with E-state index in [1.165, 1.54) is 18.2 Å². The summed E-state index contributed by atoms with van der Waals surface area (Å²) >= 11 is 5.96. The Hall–Kier alpha value is -3.85. The van der Waals surface area contributed by atoms with Gasteiger partial charge in [-0.05, 0) is 48.9 Å². The first-order chi connectivity index (χ1) is 13.8. The van der Waals surface area contributed by atoms with Crippen LogP contribution in [0.25, 0.3) is 22.6 Å². The van der Waals surface area contributed by atoms with Crippen molar-refractivity contribution in [3.63, 3.8) is 0 Å². The lowest BCUT2D eigenvalue weighted by Crippen LogP contribution is -2.11. The van der Waals surface area contributed by atoms with Gasteiger partial charge in [0, 0.05) is 10.7 Å². The fourth-order valence-corrected chi connectivity index (χ4v) is 2.94. The van der Waals surface area contributed by atoms with Crippen molar-refractivity contribution in [3.8, 4) is 17.2 Å². The Kier molecular flexibility index (Phi) is 4.44. The van der Waals surface area contributed by atoms with E-state index in [1.807, 2.05) is 0 Å². The van der Waals surface area contributed by atoms with Gasteiger partial charge < -0.3 is 19.3 Å². The van der Waals surface area contributed by atoms with Crippen LogP contribution in [-0.4, -0.2) is 20.9 Å². The first-order valence-corrected chi connectivity index (χ1v) is 8.65. The SMILES string of the molecule is Cc1cc(NC(=O)c2ccc([N+](=O)[O-])o2)cc(-c2nc3cc(Cl)ccc3o2)c1O. The predicted octanol–water partition coefficient (Wildman–Crippen LogP) is 4.92. The van der Waals surface area contributed by atoms with Crippen LogP contribution in [0.2, 0.25) is 5.02 Å². The van der Waals surface area contributed by atoms with Gasteiger partial charge in [-0.25, -0.2) is 4.98 Å². The van der Waals surface area contributed by atoms with Gasteiger partial charge in [0.2, 0.25) is 5.89 Å². The van der Waals surface area contributed by atoms with E-state index >= 15 is 0 Å². The van der Waals surface area contributed by atoms with Crippen LogP contribution in [0.15, 0.2) is 51.3 Å². The van der Waals surface area contributed by atoms with Crippen molar-refractivity contribution in [2.75, 3.05) is 5.32 Å². The predicted molar refractivity (Wildman–Crippen MR) is 104 cm³/mol. The zero-order chi connectivity index (χ0) is 20.7. The first kappa shape index (κ1) is 18.5. The van der Waals surface area contributed by atoms with Gasteiger partial charge in [-0.3, -0.25) is 14.9 Å². The average Bonchev–Trinajstić information content (AvgIpc) is 3.31. The van der Waals surface area contributed by atoms with Crippen molar-refractivity contribution in [2.45, 2.75) is 6.92 Å². The summed E-state index contributed by atoms with van der Waals surface area (Å²) in [4.78, 5) is 26.6. The van der Waals surface area contributed by atoms with Gasteiger partial charge in [0.05, 0.1) is 11.6 Å². The molecule has 4 aromatic rings. The summed E-state index contributed by atoms with van der Waals surface area (Å²) in [5.41, 5.74) is 2.04. The zero-order valence-electron chi connectivity index (χ0n) is 14.8. The number of halogens is 1. The van der Waals surface area contributed by atoms with E-state index in [0.29, 0.717) is 27.4 Å². The Labute approximate surface area is 167 Å². The fraction of sp³-hybridized carbons (Fsp3) is 0.0526. The molecular weight excluding hydrogens is 402 g/mol. The molecule has 2 aromatic carbocycles. The second kappa shape index (κ2) is 6.95. The number of phenolic OH excluding ortho intramolecular Hbond substituents is 1. The molecular formula is C19H12ClN3O6. The number of hydrogen-bond acceptors (Lipinski definition) is 7. The van der Waals surface area contributed by atoms with Crippen LogP contribution in [0.1, 0.15) is 16.1 Å². The average molecular weight is 414 g/mol. The molecule has 1 amide bonds. The Morgan fingerprint density at radius 3 is 2.72 bits per heavy atom. The molecule has 0 aliphatic carbocycles. The number of phenols is 1. The number of nitro groups is 1. The van der Waals surface area contributed by atoms with Gasteiger partial charge in [-0.15, -0.1) is 0 Å². The lowest BCUT2D eigenvalue weighted by atomic mass is 10.1. The van der Waals surface area contributed by atoms with Crippen LogP contribution in [0.5, 0.6) is 5.75 Å². The minimum absolute atomic E-state index is 0.0608. The summed E-state index contributed by atoms with van der Waals surface area (Å²) < 4.78 is 10.6. The molecule has 29 heavy (non-hydrogen) atoms.